The van der Waals surface area contributed by atoms with E-state index < -0.39 is 17.8 Å². The number of carbonyl (C=O) groups excluding carboxylic acids is 1. The van der Waals surface area contributed by atoms with E-state index in [2.05, 4.69) is 0 Å². The van der Waals surface area contributed by atoms with Gasteiger partial charge in [-0.2, -0.15) is 5.06 Å². The number of amides is 1. The molecule has 1 aromatic carbocycles. The van der Waals surface area contributed by atoms with Gasteiger partial charge in [0.2, 0.25) is 0 Å². The van der Waals surface area contributed by atoms with Gasteiger partial charge in [-0.3, -0.25) is 14.8 Å². The summed E-state index contributed by atoms with van der Waals surface area (Å²) in [5.74, 6) is -3.41. The number of fused-ring (bicyclic) bond motifs is 1. The van der Waals surface area contributed by atoms with E-state index in [4.69, 9.17) is 5.11 Å². The fraction of sp³-hybridized carbons (Fsp3) is 0.231. The highest BCUT2D eigenvalue weighted by atomic mass is 16.5. The Balaban J connectivity index is 2.59. The Kier molecular flexibility index (Phi) is 2.92. The molecule has 1 aromatic rings. The van der Waals surface area contributed by atoms with Crippen LogP contribution in [0.15, 0.2) is 24.3 Å². The average Bonchev–Trinajstić information content (AvgIpc) is 2.60. The Morgan fingerprint density at radius 2 is 2.11 bits per heavy atom. The lowest BCUT2D eigenvalue weighted by Crippen LogP contribution is -2.28. The molecule has 1 unspecified atom stereocenters. The van der Waals surface area contributed by atoms with Gasteiger partial charge in [-0.15, -0.1) is 0 Å². The fourth-order valence-electron chi connectivity index (χ4n) is 2.00. The van der Waals surface area contributed by atoms with E-state index in [9.17, 15) is 14.8 Å². The van der Waals surface area contributed by atoms with Crippen molar-refractivity contribution in [3.05, 3.63) is 35.4 Å². The molecular weight excluding hydrogens is 234 g/mol. The topological polar surface area (TPSA) is 77.8 Å². The predicted octanol–water partition coefficient (Wildman–Crippen LogP) is 2.01. The number of anilines is 1. The van der Waals surface area contributed by atoms with E-state index in [1.807, 2.05) is 19.9 Å². The number of aliphatic carboxylic acids is 1. The molecule has 1 aliphatic heterocycles. The first-order valence-corrected chi connectivity index (χ1v) is 5.50. The summed E-state index contributed by atoms with van der Waals surface area (Å²) in [6.07, 6.45) is 1.89. The summed E-state index contributed by atoms with van der Waals surface area (Å²) in [5, 5.41) is 19.0. The largest absolute Gasteiger partial charge is 0.480 e. The molecule has 5 heteroatoms. The molecule has 2 N–H and O–H groups in total. The van der Waals surface area contributed by atoms with Crippen LogP contribution in [0.3, 0.4) is 0 Å². The van der Waals surface area contributed by atoms with Gasteiger partial charge in [0.15, 0.2) is 5.92 Å². The maximum absolute atomic E-state index is 11.6. The van der Waals surface area contributed by atoms with Crippen LogP contribution in [-0.4, -0.2) is 22.2 Å². The number of carboxylic acids is 1. The highest BCUT2D eigenvalue weighted by molar-refractivity contribution is 6.14. The second-order valence-electron chi connectivity index (χ2n) is 4.17. The Bertz CT molecular complexity index is 562. The summed E-state index contributed by atoms with van der Waals surface area (Å²) in [5.41, 5.74) is 2.38. The average molecular weight is 247 g/mol. The van der Waals surface area contributed by atoms with Gasteiger partial charge < -0.3 is 5.11 Å². The van der Waals surface area contributed by atoms with Crippen molar-refractivity contribution in [1.29, 1.82) is 0 Å². The summed E-state index contributed by atoms with van der Waals surface area (Å²) < 4.78 is 0. The van der Waals surface area contributed by atoms with Gasteiger partial charge in [0.1, 0.15) is 0 Å². The van der Waals surface area contributed by atoms with E-state index in [0.717, 1.165) is 11.1 Å². The maximum Gasteiger partial charge on any atom is 0.320 e. The molecule has 0 aromatic heterocycles. The van der Waals surface area contributed by atoms with Gasteiger partial charge in [0.25, 0.3) is 5.91 Å². The zero-order chi connectivity index (χ0) is 13.4. The highest BCUT2D eigenvalue weighted by Gasteiger charge is 2.41. The monoisotopic (exact) mass is 247 g/mol. The molecule has 0 spiro atoms. The molecule has 2 rings (SSSR count). The van der Waals surface area contributed by atoms with Crippen molar-refractivity contribution in [3.63, 3.8) is 0 Å². The van der Waals surface area contributed by atoms with Crippen LogP contribution in [0.5, 0.6) is 0 Å². The molecule has 94 valence electrons. The molecule has 0 fully saturated rings. The first-order chi connectivity index (χ1) is 8.47. The number of rotatable bonds is 2. The van der Waals surface area contributed by atoms with Crippen LogP contribution in [0.2, 0.25) is 0 Å². The van der Waals surface area contributed by atoms with E-state index in [1.54, 1.807) is 18.2 Å². The van der Waals surface area contributed by atoms with Crippen molar-refractivity contribution < 1.29 is 19.9 Å². The molecule has 0 saturated heterocycles. The maximum atomic E-state index is 11.6. The number of nitrogens with zero attached hydrogens (tertiary/aromatic N) is 1. The van der Waals surface area contributed by atoms with Crippen LogP contribution in [0, 0.1) is 0 Å². The number of hydrogen-bond donors (Lipinski definition) is 2. The van der Waals surface area contributed by atoms with Crippen molar-refractivity contribution in [2.24, 2.45) is 0 Å². The second kappa shape index (κ2) is 4.27. The minimum atomic E-state index is -1.32. The smallest absolute Gasteiger partial charge is 0.320 e. The summed E-state index contributed by atoms with van der Waals surface area (Å²) >= 11 is 0. The minimum Gasteiger partial charge on any atom is -0.480 e. The zero-order valence-electron chi connectivity index (χ0n) is 10.0. The van der Waals surface area contributed by atoms with Gasteiger partial charge in [-0.05, 0) is 37.1 Å². The van der Waals surface area contributed by atoms with Gasteiger partial charge in [0.05, 0.1) is 5.69 Å². The van der Waals surface area contributed by atoms with Crippen LogP contribution in [0.1, 0.15) is 30.9 Å². The number of hydroxylamine groups is 1. The minimum absolute atomic E-state index is 0.236. The van der Waals surface area contributed by atoms with Crippen molar-refractivity contribution in [2.75, 3.05) is 5.06 Å². The molecular formula is C13H13NO4. The number of carbonyl (C=O) groups is 2. The molecule has 0 radical (unpaired) electrons. The molecule has 0 aliphatic carbocycles. The van der Waals surface area contributed by atoms with Crippen LogP contribution in [-0.2, 0) is 9.59 Å². The van der Waals surface area contributed by atoms with Gasteiger partial charge in [-0.1, -0.05) is 12.1 Å². The lowest BCUT2D eigenvalue weighted by molar-refractivity contribution is -0.143. The molecule has 5 nitrogen and oxygen atoms in total. The third-order valence-corrected chi connectivity index (χ3v) is 3.16. The van der Waals surface area contributed by atoms with Crippen molar-refractivity contribution in [2.45, 2.75) is 19.8 Å². The predicted molar refractivity (Wildman–Crippen MR) is 65.4 cm³/mol. The van der Waals surface area contributed by atoms with E-state index in [-0.39, 0.29) is 5.69 Å². The quantitative estimate of drug-likeness (QED) is 0.619. The lowest BCUT2D eigenvalue weighted by Gasteiger charge is -2.08. The first-order valence-electron chi connectivity index (χ1n) is 5.50. The molecule has 18 heavy (non-hydrogen) atoms. The molecule has 1 aliphatic rings. The van der Waals surface area contributed by atoms with Crippen molar-refractivity contribution >= 4 is 23.1 Å². The molecule has 0 bridgehead atoms. The second-order valence-corrected chi connectivity index (χ2v) is 4.17. The van der Waals surface area contributed by atoms with E-state index in [0.29, 0.717) is 10.6 Å². The van der Waals surface area contributed by atoms with Crippen LogP contribution < -0.4 is 5.06 Å². The van der Waals surface area contributed by atoms with Crippen LogP contribution >= 0.6 is 0 Å². The first kappa shape index (κ1) is 12.3. The number of allylic oxidation sites excluding steroid dienone is 2. The number of hydrogen-bond acceptors (Lipinski definition) is 3. The molecule has 0 saturated carbocycles. The Morgan fingerprint density at radius 3 is 2.67 bits per heavy atom. The summed E-state index contributed by atoms with van der Waals surface area (Å²) in [6, 6.07) is 4.94. The molecule has 1 amide bonds. The van der Waals surface area contributed by atoms with Gasteiger partial charge >= 0.3 is 5.97 Å². The van der Waals surface area contributed by atoms with Crippen molar-refractivity contribution in [1.82, 2.24) is 0 Å². The Morgan fingerprint density at radius 1 is 1.44 bits per heavy atom. The summed E-state index contributed by atoms with van der Waals surface area (Å²) in [7, 11) is 0. The third-order valence-electron chi connectivity index (χ3n) is 3.16. The van der Waals surface area contributed by atoms with Crippen molar-refractivity contribution in [3.8, 4) is 0 Å². The fourth-order valence-corrected chi connectivity index (χ4v) is 2.00. The lowest BCUT2D eigenvalue weighted by atomic mass is 9.96. The number of carboxylic acid groups (broad SMARTS) is 1. The Labute approximate surface area is 104 Å². The van der Waals surface area contributed by atoms with Crippen LogP contribution in [0.25, 0.3) is 5.57 Å². The number of benzene rings is 1. The Hall–Kier alpha value is -2.14. The normalized spacial score (nSPS) is 19.1. The van der Waals surface area contributed by atoms with E-state index >= 15 is 0 Å². The van der Waals surface area contributed by atoms with E-state index in [1.165, 1.54) is 0 Å². The SMILES string of the molecule is C/C=C(\C)c1ccc2c(c1)C(C(=O)O)C(=O)N2O. The van der Waals surface area contributed by atoms with Crippen LogP contribution in [0.4, 0.5) is 5.69 Å². The van der Waals surface area contributed by atoms with Gasteiger partial charge in [0, 0.05) is 5.56 Å². The third kappa shape index (κ3) is 1.69. The standard InChI is InChI=1S/C13H13NO4/c1-3-7(2)8-4-5-10-9(6-8)11(13(16)17)12(15)14(10)18/h3-6,11,18H,1-2H3,(H,16,17)/b7-3+. The van der Waals surface area contributed by atoms with Gasteiger partial charge in [-0.25, -0.2) is 0 Å². The molecule has 1 atom stereocenters. The highest BCUT2D eigenvalue weighted by Crippen LogP contribution is 2.38. The summed E-state index contributed by atoms with van der Waals surface area (Å²) in [6.45, 7) is 3.77. The zero-order valence-corrected chi connectivity index (χ0v) is 10.0. The summed E-state index contributed by atoms with van der Waals surface area (Å²) in [4.78, 5) is 22.7. The molecule has 1 heterocycles.